The first-order valence-corrected chi connectivity index (χ1v) is 10.4. The number of imidazole rings is 1. The van der Waals surface area contributed by atoms with E-state index in [4.69, 9.17) is 15.5 Å². The number of nitrogens with two attached hydrogens (primary N) is 1. The summed E-state index contributed by atoms with van der Waals surface area (Å²) >= 11 is 0. The molecule has 0 unspecified atom stereocenters. The van der Waals surface area contributed by atoms with Crippen LogP contribution in [0.15, 0.2) is 72.8 Å². The van der Waals surface area contributed by atoms with Gasteiger partial charge in [0.15, 0.2) is 0 Å². The fourth-order valence-electron chi connectivity index (χ4n) is 3.54. The number of hydrogen-bond acceptors (Lipinski definition) is 4. The minimum Gasteiger partial charge on any atom is -0.492 e. The Balaban J connectivity index is 1.42. The molecule has 31 heavy (non-hydrogen) atoms. The second-order valence-electron chi connectivity index (χ2n) is 7.42. The maximum Gasteiger partial charge on any atom is 0.253 e. The number of aryl methyl sites for hydroxylation is 1. The first-order chi connectivity index (χ1) is 15.1. The second-order valence-corrected chi connectivity index (χ2v) is 7.42. The molecule has 1 heterocycles. The molecule has 6 heteroatoms. The average Bonchev–Trinajstić information content (AvgIpc) is 3.13. The number of carbonyl (C=O) groups excluding carboxylic acids is 1. The van der Waals surface area contributed by atoms with Gasteiger partial charge in [0.2, 0.25) is 0 Å². The number of rotatable bonds is 8. The lowest BCUT2D eigenvalue weighted by Gasteiger charge is -2.12. The molecular weight excluding hydrogens is 388 g/mol. The van der Waals surface area contributed by atoms with E-state index >= 15 is 0 Å². The van der Waals surface area contributed by atoms with Crippen LogP contribution in [0.1, 0.15) is 21.7 Å². The van der Waals surface area contributed by atoms with Crippen LogP contribution in [-0.4, -0.2) is 28.6 Å². The van der Waals surface area contributed by atoms with Crippen LogP contribution in [0.4, 0.5) is 5.69 Å². The van der Waals surface area contributed by atoms with Crippen molar-refractivity contribution in [2.45, 2.75) is 19.9 Å². The smallest absolute Gasteiger partial charge is 0.253 e. The number of amides is 1. The number of carbonyl (C=O) groups is 1. The van der Waals surface area contributed by atoms with E-state index in [2.05, 4.69) is 22.9 Å². The number of ether oxygens (including phenoxy) is 1. The van der Waals surface area contributed by atoms with Crippen molar-refractivity contribution in [1.82, 2.24) is 14.9 Å². The Hall–Kier alpha value is -3.80. The number of hydrogen-bond donors (Lipinski definition) is 2. The zero-order valence-electron chi connectivity index (χ0n) is 17.5. The number of benzene rings is 3. The Morgan fingerprint density at radius 1 is 1.03 bits per heavy atom. The van der Waals surface area contributed by atoms with Gasteiger partial charge in [-0.2, -0.15) is 0 Å². The summed E-state index contributed by atoms with van der Waals surface area (Å²) in [4.78, 5) is 17.2. The van der Waals surface area contributed by atoms with Crippen molar-refractivity contribution in [3.63, 3.8) is 0 Å². The number of anilines is 1. The number of aromatic nitrogens is 2. The van der Waals surface area contributed by atoms with Gasteiger partial charge in [-0.25, -0.2) is 4.98 Å². The van der Waals surface area contributed by atoms with E-state index in [0.717, 1.165) is 22.6 Å². The Morgan fingerprint density at radius 2 is 1.77 bits per heavy atom. The fourth-order valence-corrected chi connectivity index (χ4v) is 3.54. The second kappa shape index (κ2) is 9.34. The highest BCUT2D eigenvalue weighted by Crippen LogP contribution is 2.17. The van der Waals surface area contributed by atoms with E-state index in [1.165, 1.54) is 5.56 Å². The van der Waals surface area contributed by atoms with E-state index in [1.54, 1.807) is 18.2 Å². The van der Waals surface area contributed by atoms with Gasteiger partial charge < -0.3 is 20.4 Å². The van der Waals surface area contributed by atoms with Gasteiger partial charge in [0, 0.05) is 18.7 Å². The van der Waals surface area contributed by atoms with E-state index in [0.29, 0.717) is 37.4 Å². The van der Waals surface area contributed by atoms with Crippen molar-refractivity contribution >= 4 is 22.6 Å². The molecule has 6 nitrogen and oxygen atoms in total. The first kappa shape index (κ1) is 20.5. The summed E-state index contributed by atoms with van der Waals surface area (Å²) in [7, 11) is 0. The number of nitrogens with one attached hydrogen (secondary N) is 1. The third kappa shape index (κ3) is 4.86. The molecule has 1 amide bonds. The van der Waals surface area contributed by atoms with Crippen LogP contribution in [0.3, 0.4) is 0 Å². The SMILES string of the molecule is Cc1ccc(OCCn2c(CCNC(=O)c3ccccc3N)nc3ccccc32)cc1. The molecule has 0 saturated heterocycles. The highest BCUT2D eigenvalue weighted by Gasteiger charge is 2.12. The summed E-state index contributed by atoms with van der Waals surface area (Å²) in [6.45, 7) is 3.72. The van der Waals surface area contributed by atoms with Crippen molar-refractivity contribution in [2.24, 2.45) is 0 Å². The summed E-state index contributed by atoms with van der Waals surface area (Å²) in [6, 6.07) is 23.1. The third-order valence-electron chi connectivity index (χ3n) is 5.18. The molecule has 0 aliphatic carbocycles. The molecule has 0 bridgehead atoms. The molecule has 0 fully saturated rings. The van der Waals surface area contributed by atoms with E-state index in [1.807, 2.05) is 48.5 Å². The number of nitrogens with zero attached hydrogens (tertiary/aromatic N) is 2. The monoisotopic (exact) mass is 414 g/mol. The molecule has 0 atom stereocenters. The molecule has 0 radical (unpaired) electrons. The van der Waals surface area contributed by atoms with E-state index < -0.39 is 0 Å². The average molecular weight is 415 g/mol. The van der Waals surface area contributed by atoms with Gasteiger partial charge in [-0.05, 0) is 43.3 Å². The zero-order valence-corrected chi connectivity index (χ0v) is 17.5. The molecule has 0 spiro atoms. The van der Waals surface area contributed by atoms with Crippen LogP contribution < -0.4 is 15.8 Å². The van der Waals surface area contributed by atoms with E-state index in [9.17, 15) is 4.79 Å². The number of fused-ring (bicyclic) bond motifs is 1. The summed E-state index contributed by atoms with van der Waals surface area (Å²) in [5.74, 6) is 1.59. The minimum absolute atomic E-state index is 0.177. The molecule has 3 aromatic carbocycles. The molecule has 3 N–H and O–H groups in total. The molecule has 1 aromatic heterocycles. The Kier molecular flexibility index (Phi) is 6.17. The van der Waals surface area contributed by atoms with Crippen molar-refractivity contribution in [2.75, 3.05) is 18.9 Å². The molecule has 0 saturated carbocycles. The molecule has 4 rings (SSSR count). The Bertz CT molecular complexity index is 1180. The lowest BCUT2D eigenvalue weighted by atomic mass is 10.1. The van der Waals surface area contributed by atoms with Crippen LogP contribution in [0.25, 0.3) is 11.0 Å². The Labute approximate surface area is 181 Å². The predicted octanol–water partition coefficient (Wildman–Crippen LogP) is 3.98. The van der Waals surface area contributed by atoms with Crippen molar-refractivity contribution < 1.29 is 9.53 Å². The predicted molar refractivity (Wildman–Crippen MR) is 123 cm³/mol. The molecule has 158 valence electrons. The summed E-state index contributed by atoms with van der Waals surface area (Å²) in [5, 5.41) is 2.94. The Morgan fingerprint density at radius 3 is 2.58 bits per heavy atom. The minimum atomic E-state index is -0.177. The maximum atomic E-state index is 12.4. The number of para-hydroxylation sites is 3. The standard InChI is InChI=1S/C25H26N4O2/c1-18-10-12-19(13-11-18)31-17-16-29-23-9-5-4-8-22(23)28-24(29)14-15-27-25(30)20-6-2-3-7-21(20)26/h2-13H,14-17,26H2,1H3,(H,27,30). The van der Waals surface area contributed by atoms with Gasteiger partial charge >= 0.3 is 0 Å². The van der Waals surface area contributed by atoms with Gasteiger partial charge in [-0.3, -0.25) is 4.79 Å². The fraction of sp³-hybridized carbons (Fsp3) is 0.200. The van der Waals surface area contributed by atoms with Crippen LogP contribution in [0.2, 0.25) is 0 Å². The van der Waals surface area contributed by atoms with Crippen LogP contribution in [-0.2, 0) is 13.0 Å². The van der Waals surface area contributed by atoms with Crippen LogP contribution in [0, 0.1) is 6.92 Å². The molecule has 4 aromatic rings. The highest BCUT2D eigenvalue weighted by atomic mass is 16.5. The maximum absolute atomic E-state index is 12.4. The van der Waals surface area contributed by atoms with E-state index in [-0.39, 0.29) is 5.91 Å². The van der Waals surface area contributed by atoms with Gasteiger partial charge in [0.1, 0.15) is 18.2 Å². The molecule has 0 aliphatic heterocycles. The van der Waals surface area contributed by atoms with Gasteiger partial charge in [0.05, 0.1) is 23.1 Å². The summed E-state index contributed by atoms with van der Waals surface area (Å²) in [6.07, 6.45) is 0.609. The first-order valence-electron chi connectivity index (χ1n) is 10.4. The van der Waals surface area contributed by atoms with Crippen LogP contribution >= 0.6 is 0 Å². The van der Waals surface area contributed by atoms with Crippen LogP contribution in [0.5, 0.6) is 5.75 Å². The largest absolute Gasteiger partial charge is 0.492 e. The van der Waals surface area contributed by atoms with Gasteiger partial charge in [-0.1, -0.05) is 42.0 Å². The third-order valence-corrected chi connectivity index (χ3v) is 5.18. The summed E-state index contributed by atoms with van der Waals surface area (Å²) in [5.41, 5.74) is 10.1. The van der Waals surface area contributed by atoms with Gasteiger partial charge in [-0.15, -0.1) is 0 Å². The van der Waals surface area contributed by atoms with Crippen molar-refractivity contribution in [1.29, 1.82) is 0 Å². The van der Waals surface area contributed by atoms with Crippen molar-refractivity contribution in [3.8, 4) is 5.75 Å². The quantitative estimate of drug-likeness (QED) is 0.427. The van der Waals surface area contributed by atoms with Gasteiger partial charge in [0.25, 0.3) is 5.91 Å². The lowest BCUT2D eigenvalue weighted by molar-refractivity contribution is 0.0954. The van der Waals surface area contributed by atoms with Crippen molar-refractivity contribution in [3.05, 3.63) is 89.7 Å². The molecular formula is C25H26N4O2. The highest BCUT2D eigenvalue weighted by molar-refractivity contribution is 5.99. The summed E-state index contributed by atoms with van der Waals surface area (Å²) < 4.78 is 8.08. The number of nitrogen functional groups attached to an aromatic ring is 1. The topological polar surface area (TPSA) is 82.2 Å². The zero-order chi connectivity index (χ0) is 21.6. The molecule has 0 aliphatic rings. The normalized spacial score (nSPS) is 10.9. The lowest BCUT2D eigenvalue weighted by Crippen LogP contribution is -2.27.